The second-order valence-electron chi connectivity index (χ2n) is 11.8. The van der Waals surface area contributed by atoms with Crippen molar-refractivity contribution >= 4 is 54.8 Å². The van der Waals surface area contributed by atoms with E-state index < -0.39 is 8.90 Å². The number of hydrogen-bond donors (Lipinski definition) is 2. The molecule has 6 heteroatoms. The van der Waals surface area contributed by atoms with Crippen LogP contribution >= 0.6 is 31.9 Å². The molecule has 0 bridgehead atoms. The Morgan fingerprint density at radius 3 is 1.48 bits per heavy atom. The Hall–Kier alpha value is -2.70. The molecule has 0 spiro atoms. The Balaban J connectivity index is 1.60. The summed E-state index contributed by atoms with van der Waals surface area (Å²) >= 11 is 7.99. The van der Waals surface area contributed by atoms with Gasteiger partial charge in [-0.1, -0.05) is 121 Å². The normalized spacial score (nSPS) is 26.3. The topological polar surface area (TPSA) is 58.2 Å². The van der Waals surface area contributed by atoms with Crippen LogP contribution in [0.25, 0.3) is 0 Å². The maximum atomic E-state index is 14.2. The third-order valence-corrected chi connectivity index (χ3v) is 11.0. The third-order valence-electron chi connectivity index (χ3n) is 8.68. The Labute approximate surface area is 267 Å². The van der Waals surface area contributed by atoms with Gasteiger partial charge >= 0.3 is 0 Å². The van der Waals surface area contributed by atoms with Gasteiger partial charge in [-0.15, -0.1) is 0 Å². The number of halogens is 2. The first-order valence-corrected chi connectivity index (χ1v) is 16.8. The van der Waals surface area contributed by atoms with E-state index in [-0.39, 0.29) is 23.4 Å². The van der Waals surface area contributed by atoms with Crippen molar-refractivity contribution in [3.63, 3.8) is 0 Å². The molecule has 220 valence electrons. The van der Waals surface area contributed by atoms with Crippen molar-refractivity contribution in [1.29, 1.82) is 0 Å². The summed E-state index contributed by atoms with van der Waals surface area (Å²) in [6.45, 7) is 8.68. The van der Waals surface area contributed by atoms with E-state index in [0.717, 1.165) is 38.5 Å². The van der Waals surface area contributed by atoms with Gasteiger partial charge < -0.3 is 10.6 Å². The van der Waals surface area contributed by atoms with Gasteiger partial charge in [-0.2, -0.15) is 0 Å². The van der Waals surface area contributed by atoms with Crippen LogP contribution in [0.5, 0.6) is 0 Å². The lowest BCUT2D eigenvalue weighted by atomic mass is 9.81. The van der Waals surface area contributed by atoms with E-state index in [2.05, 4.69) is 107 Å². The van der Waals surface area contributed by atoms with Crippen molar-refractivity contribution in [3.8, 4) is 0 Å². The van der Waals surface area contributed by atoms with Crippen molar-refractivity contribution < 1.29 is 9.59 Å². The number of rotatable bonds is 10. The van der Waals surface area contributed by atoms with E-state index in [1.165, 1.54) is 11.1 Å². The Bertz CT molecular complexity index is 1410. The summed E-state index contributed by atoms with van der Waals surface area (Å²) < 4.78 is -1.19. The number of alkyl halides is 2. The second kappa shape index (κ2) is 12.5. The average Bonchev–Trinajstić information content (AvgIpc) is 2.98. The van der Waals surface area contributed by atoms with Gasteiger partial charge in [-0.25, -0.2) is 0 Å². The molecule has 0 fully saturated rings. The summed E-state index contributed by atoms with van der Waals surface area (Å²) in [5.41, 5.74) is 5.52. The van der Waals surface area contributed by atoms with Crippen LogP contribution in [0.1, 0.15) is 98.1 Å². The summed E-state index contributed by atoms with van der Waals surface area (Å²) in [6.07, 6.45) is 19.7. The van der Waals surface area contributed by atoms with Crippen LogP contribution < -0.4 is 10.6 Å². The standard InChI is InChI=1S/C36H40Br2N2O2/c1-5-7-11-25-17-15-23(3)35(37,21-25)39-29-19-20-30(40-36(38)22-26(12-8-6-2)18-16-24(36)4)32-31(29)33(41)27-13-9-10-14-28(27)34(32)42/h9-10,13-24,39-40H,5-8,11-12H2,1-4H3. The Morgan fingerprint density at radius 2 is 1.10 bits per heavy atom. The molecule has 0 heterocycles. The quantitative estimate of drug-likeness (QED) is 0.164. The van der Waals surface area contributed by atoms with Crippen molar-refractivity contribution in [3.05, 3.63) is 106 Å². The van der Waals surface area contributed by atoms with Crippen LogP contribution in [0, 0.1) is 11.8 Å². The minimum absolute atomic E-state index is 0.116. The first-order valence-electron chi connectivity index (χ1n) is 15.2. The summed E-state index contributed by atoms with van der Waals surface area (Å²) in [4.78, 5) is 28.3. The number of ketones is 2. The Kier molecular flexibility index (Phi) is 9.15. The van der Waals surface area contributed by atoms with Crippen LogP contribution in [0.3, 0.4) is 0 Å². The zero-order chi connectivity index (χ0) is 30.1. The summed E-state index contributed by atoms with van der Waals surface area (Å²) in [7, 11) is 0. The molecule has 0 aromatic heterocycles. The van der Waals surface area contributed by atoms with Gasteiger partial charge in [0.1, 0.15) is 8.90 Å². The molecular formula is C36H40Br2N2O2. The summed E-state index contributed by atoms with van der Waals surface area (Å²) in [5, 5.41) is 7.31. The zero-order valence-corrected chi connectivity index (χ0v) is 28.1. The number of nitrogens with one attached hydrogen (secondary N) is 2. The number of benzene rings is 2. The number of allylic oxidation sites excluding steroid dienone is 4. The second-order valence-corrected chi connectivity index (χ2v) is 14.5. The molecule has 0 saturated carbocycles. The summed E-state index contributed by atoms with van der Waals surface area (Å²) in [5.74, 6) is -0.0530. The van der Waals surface area contributed by atoms with E-state index in [1.54, 1.807) is 12.1 Å². The number of carbonyl (C=O) groups is 2. The number of hydrogen-bond acceptors (Lipinski definition) is 4. The van der Waals surface area contributed by atoms with Crippen LogP contribution in [0.15, 0.2) is 84.0 Å². The van der Waals surface area contributed by atoms with Crippen molar-refractivity contribution in [2.24, 2.45) is 11.8 Å². The van der Waals surface area contributed by atoms with Gasteiger partial charge in [0.2, 0.25) is 0 Å². The molecule has 0 aliphatic heterocycles. The molecule has 5 rings (SSSR count). The SMILES string of the molecule is CCCCC1=CC(Br)(Nc2ccc(NC3(Br)C=C(CCCC)C=CC3C)c3c2C(=O)c2ccccc2C3=O)C(C)C=C1. The lowest BCUT2D eigenvalue weighted by Gasteiger charge is -2.38. The highest BCUT2D eigenvalue weighted by Crippen LogP contribution is 2.44. The van der Waals surface area contributed by atoms with Gasteiger partial charge in [0, 0.05) is 34.3 Å². The molecule has 0 radical (unpaired) electrons. The fourth-order valence-electron chi connectivity index (χ4n) is 5.93. The predicted molar refractivity (Wildman–Crippen MR) is 182 cm³/mol. The van der Waals surface area contributed by atoms with Gasteiger partial charge in [0.25, 0.3) is 0 Å². The number of carbonyl (C=O) groups excluding carboxylic acids is 2. The Morgan fingerprint density at radius 1 is 0.690 bits per heavy atom. The molecular weight excluding hydrogens is 652 g/mol. The molecule has 4 nitrogen and oxygen atoms in total. The third kappa shape index (κ3) is 5.90. The van der Waals surface area contributed by atoms with Gasteiger partial charge in [0.15, 0.2) is 11.6 Å². The first kappa shape index (κ1) is 30.7. The molecule has 2 N–H and O–H groups in total. The minimum atomic E-state index is -0.593. The molecule has 2 aromatic carbocycles. The minimum Gasteiger partial charge on any atom is -0.366 e. The molecule has 3 aliphatic rings. The molecule has 42 heavy (non-hydrogen) atoms. The van der Waals surface area contributed by atoms with Crippen LogP contribution in [-0.2, 0) is 0 Å². The van der Waals surface area contributed by atoms with E-state index in [4.69, 9.17) is 0 Å². The maximum Gasteiger partial charge on any atom is 0.196 e. The number of unbranched alkanes of at least 4 members (excludes halogenated alkanes) is 2. The molecule has 2 aromatic rings. The molecule has 4 unspecified atom stereocenters. The van der Waals surface area contributed by atoms with Crippen LogP contribution in [0.4, 0.5) is 11.4 Å². The molecule has 0 amide bonds. The number of fused-ring (bicyclic) bond motifs is 2. The van der Waals surface area contributed by atoms with Crippen LogP contribution in [-0.4, -0.2) is 20.5 Å². The van der Waals surface area contributed by atoms with Gasteiger partial charge in [-0.3, -0.25) is 9.59 Å². The highest BCUT2D eigenvalue weighted by molar-refractivity contribution is 9.10. The van der Waals surface area contributed by atoms with Gasteiger partial charge in [-0.05, 0) is 61.1 Å². The maximum absolute atomic E-state index is 14.2. The average molecular weight is 693 g/mol. The monoisotopic (exact) mass is 690 g/mol. The zero-order valence-electron chi connectivity index (χ0n) is 24.9. The molecule has 0 saturated heterocycles. The lowest BCUT2D eigenvalue weighted by Crippen LogP contribution is -2.39. The van der Waals surface area contributed by atoms with E-state index in [0.29, 0.717) is 33.6 Å². The molecule has 3 aliphatic carbocycles. The fourth-order valence-corrected chi connectivity index (χ4v) is 7.25. The highest BCUT2D eigenvalue weighted by Gasteiger charge is 2.40. The van der Waals surface area contributed by atoms with E-state index in [1.807, 2.05) is 24.3 Å². The number of anilines is 2. The predicted octanol–water partition coefficient (Wildman–Crippen LogP) is 10.1. The van der Waals surface area contributed by atoms with Gasteiger partial charge in [0.05, 0.1) is 11.1 Å². The summed E-state index contributed by atoms with van der Waals surface area (Å²) in [6, 6.07) is 11.0. The first-order chi connectivity index (χ1) is 20.1. The van der Waals surface area contributed by atoms with Crippen molar-refractivity contribution in [2.45, 2.75) is 75.1 Å². The smallest absolute Gasteiger partial charge is 0.196 e. The van der Waals surface area contributed by atoms with Crippen molar-refractivity contribution in [1.82, 2.24) is 0 Å². The highest BCUT2D eigenvalue weighted by atomic mass is 79.9. The lowest BCUT2D eigenvalue weighted by molar-refractivity contribution is 0.0980. The van der Waals surface area contributed by atoms with Crippen molar-refractivity contribution in [2.75, 3.05) is 10.6 Å². The van der Waals surface area contributed by atoms with E-state index >= 15 is 0 Å². The van der Waals surface area contributed by atoms with Crippen LogP contribution in [0.2, 0.25) is 0 Å². The molecule has 4 atom stereocenters. The van der Waals surface area contributed by atoms with E-state index in [9.17, 15) is 9.59 Å². The fraction of sp³-hybridized carbons (Fsp3) is 0.389. The largest absolute Gasteiger partial charge is 0.366 e.